The van der Waals surface area contributed by atoms with Crippen molar-refractivity contribution in [3.8, 4) is 0 Å². The molecule has 0 fully saturated rings. The molecule has 3 aromatic rings. The first-order valence-corrected chi connectivity index (χ1v) is 7.52. The summed E-state index contributed by atoms with van der Waals surface area (Å²) in [7, 11) is 0. The van der Waals surface area contributed by atoms with E-state index in [9.17, 15) is 13.6 Å². The van der Waals surface area contributed by atoms with Gasteiger partial charge in [-0.2, -0.15) is 0 Å². The maximum Gasteiger partial charge on any atom is 0.276 e. The highest BCUT2D eigenvalue weighted by Gasteiger charge is 2.14. The van der Waals surface area contributed by atoms with Crippen molar-refractivity contribution >= 4 is 34.7 Å². The molecule has 1 heterocycles. The van der Waals surface area contributed by atoms with Gasteiger partial charge in [-0.15, -0.1) is 10.2 Å². The highest BCUT2D eigenvalue weighted by atomic mass is 35.5. The Kier molecular flexibility index (Phi) is 4.85. The molecule has 3 rings (SSSR count). The third-order valence-corrected chi connectivity index (χ3v) is 3.43. The molecular weight excluding hydrogens is 350 g/mol. The minimum Gasteiger partial charge on any atom is -0.339 e. The molecule has 0 spiro atoms. The van der Waals surface area contributed by atoms with Crippen molar-refractivity contribution in [1.82, 2.24) is 10.2 Å². The van der Waals surface area contributed by atoms with E-state index in [1.54, 1.807) is 24.3 Å². The lowest BCUT2D eigenvalue weighted by Gasteiger charge is -2.08. The summed E-state index contributed by atoms with van der Waals surface area (Å²) in [6.07, 6.45) is 0. The van der Waals surface area contributed by atoms with Crippen LogP contribution in [0.4, 0.5) is 26.0 Å². The van der Waals surface area contributed by atoms with Crippen LogP contribution in [0.2, 0.25) is 5.02 Å². The lowest BCUT2D eigenvalue weighted by molar-refractivity contribution is 0.102. The summed E-state index contributed by atoms with van der Waals surface area (Å²) < 4.78 is 27.1. The Balaban J connectivity index is 1.72. The lowest BCUT2D eigenvalue weighted by atomic mass is 10.2. The Labute approximate surface area is 146 Å². The number of carbonyl (C=O) groups is 1. The second kappa shape index (κ2) is 7.23. The van der Waals surface area contributed by atoms with Crippen LogP contribution in [0, 0.1) is 11.6 Å². The zero-order chi connectivity index (χ0) is 17.8. The number of para-hydroxylation sites is 1. The molecule has 0 aliphatic rings. The van der Waals surface area contributed by atoms with Crippen molar-refractivity contribution in [3.05, 3.63) is 76.9 Å². The maximum absolute atomic E-state index is 13.6. The smallest absolute Gasteiger partial charge is 0.276 e. The number of hydrogen-bond donors (Lipinski definition) is 2. The van der Waals surface area contributed by atoms with Gasteiger partial charge in [0.05, 0.1) is 0 Å². The quantitative estimate of drug-likeness (QED) is 0.723. The average molecular weight is 361 g/mol. The largest absolute Gasteiger partial charge is 0.339 e. The van der Waals surface area contributed by atoms with Crippen LogP contribution < -0.4 is 10.6 Å². The highest BCUT2D eigenvalue weighted by Crippen LogP contribution is 2.20. The Bertz CT molecular complexity index is 899. The third-order valence-electron chi connectivity index (χ3n) is 3.20. The Morgan fingerprint density at radius 1 is 0.960 bits per heavy atom. The summed E-state index contributed by atoms with van der Waals surface area (Å²) in [6, 6.07) is 13.2. The second-order valence-electron chi connectivity index (χ2n) is 4.99. The number of carbonyl (C=O) groups excluding carboxylic acids is 1. The predicted octanol–water partition coefficient (Wildman–Crippen LogP) is 4.40. The fourth-order valence-corrected chi connectivity index (χ4v) is 2.22. The van der Waals surface area contributed by atoms with Gasteiger partial charge in [0.25, 0.3) is 5.91 Å². The molecule has 2 aromatic carbocycles. The zero-order valence-electron chi connectivity index (χ0n) is 12.6. The van der Waals surface area contributed by atoms with E-state index in [0.717, 1.165) is 12.1 Å². The van der Waals surface area contributed by atoms with E-state index in [2.05, 4.69) is 20.8 Å². The summed E-state index contributed by atoms with van der Waals surface area (Å²) in [6.45, 7) is 0. The van der Waals surface area contributed by atoms with E-state index in [4.69, 9.17) is 11.6 Å². The molecule has 1 amide bonds. The molecule has 0 unspecified atom stereocenters. The van der Waals surface area contributed by atoms with Gasteiger partial charge in [-0.1, -0.05) is 23.7 Å². The first-order chi connectivity index (χ1) is 12.0. The minimum atomic E-state index is -0.874. The van der Waals surface area contributed by atoms with Crippen molar-refractivity contribution in [2.45, 2.75) is 0 Å². The van der Waals surface area contributed by atoms with Crippen LogP contribution in [0.5, 0.6) is 0 Å². The number of benzene rings is 2. The number of amides is 1. The number of halogens is 3. The second-order valence-corrected chi connectivity index (χ2v) is 5.43. The van der Waals surface area contributed by atoms with E-state index in [1.165, 1.54) is 18.2 Å². The van der Waals surface area contributed by atoms with Crippen LogP contribution in [-0.2, 0) is 0 Å². The van der Waals surface area contributed by atoms with Gasteiger partial charge in [-0.25, -0.2) is 8.78 Å². The van der Waals surface area contributed by atoms with Crippen LogP contribution in [0.25, 0.3) is 0 Å². The van der Waals surface area contributed by atoms with Gasteiger partial charge in [0.15, 0.2) is 11.5 Å². The third kappa shape index (κ3) is 4.07. The molecule has 0 aliphatic carbocycles. The molecule has 0 saturated heterocycles. The van der Waals surface area contributed by atoms with Crippen molar-refractivity contribution < 1.29 is 13.6 Å². The standard InChI is InChI=1S/C17H11ClF2N4O/c18-10-3-1-4-11(9-10)21-15-8-7-14(23-24-15)17(25)22-16-12(19)5-2-6-13(16)20/h1-9H,(H,21,24)(H,22,25). The van der Waals surface area contributed by atoms with Gasteiger partial charge < -0.3 is 10.6 Å². The fraction of sp³-hybridized carbons (Fsp3) is 0. The van der Waals surface area contributed by atoms with Crippen molar-refractivity contribution in [2.75, 3.05) is 10.6 Å². The summed E-state index contributed by atoms with van der Waals surface area (Å²) in [5.74, 6) is -2.14. The zero-order valence-corrected chi connectivity index (χ0v) is 13.4. The molecule has 0 radical (unpaired) electrons. The minimum absolute atomic E-state index is 0.0840. The van der Waals surface area contributed by atoms with Gasteiger partial charge in [-0.3, -0.25) is 4.79 Å². The summed E-state index contributed by atoms with van der Waals surface area (Å²) in [4.78, 5) is 12.0. The SMILES string of the molecule is O=C(Nc1c(F)cccc1F)c1ccc(Nc2cccc(Cl)c2)nn1. The maximum atomic E-state index is 13.6. The number of hydrogen-bond acceptors (Lipinski definition) is 4. The summed E-state index contributed by atoms with van der Waals surface area (Å²) >= 11 is 5.89. The first-order valence-electron chi connectivity index (χ1n) is 7.14. The van der Waals surface area contributed by atoms with Crippen LogP contribution in [0.15, 0.2) is 54.6 Å². The molecule has 2 N–H and O–H groups in total. The topological polar surface area (TPSA) is 66.9 Å². The number of nitrogens with one attached hydrogen (secondary N) is 2. The first kappa shape index (κ1) is 16.8. The van der Waals surface area contributed by atoms with Crippen molar-refractivity contribution in [2.24, 2.45) is 0 Å². The molecule has 1 aromatic heterocycles. The Morgan fingerprint density at radius 3 is 2.32 bits per heavy atom. The number of nitrogens with zero attached hydrogens (tertiary/aromatic N) is 2. The summed E-state index contributed by atoms with van der Waals surface area (Å²) in [5.41, 5.74) is 0.0853. The fourth-order valence-electron chi connectivity index (χ4n) is 2.03. The molecule has 5 nitrogen and oxygen atoms in total. The van der Waals surface area contributed by atoms with Crippen molar-refractivity contribution in [3.63, 3.8) is 0 Å². The Morgan fingerprint density at radius 2 is 1.68 bits per heavy atom. The lowest BCUT2D eigenvalue weighted by Crippen LogP contribution is -2.16. The summed E-state index contributed by atoms with van der Waals surface area (Å²) in [5, 5.41) is 13.3. The Hall–Kier alpha value is -3.06. The van der Waals surface area contributed by atoms with Gasteiger partial charge in [0.1, 0.15) is 17.3 Å². The molecule has 0 bridgehead atoms. The number of aromatic nitrogens is 2. The average Bonchev–Trinajstić information content (AvgIpc) is 2.59. The van der Waals surface area contributed by atoms with E-state index >= 15 is 0 Å². The van der Waals surface area contributed by atoms with Gasteiger partial charge in [0, 0.05) is 10.7 Å². The normalized spacial score (nSPS) is 10.4. The number of rotatable bonds is 4. The molecule has 0 aliphatic heterocycles. The predicted molar refractivity (Wildman–Crippen MR) is 91.1 cm³/mol. The van der Waals surface area contributed by atoms with Gasteiger partial charge in [0.2, 0.25) is 0 Å². The van der Waals surface area contributed by atoms with E-state index in [-0.39, 0.29) is 5.69 Å². The van der Waals surface area contributed by atoms with E-state index in [1.807, 2.05) is 0 Å². The monoisotopic (exact) mass is 360 g/mol. The highest BCUT2D eigenvalue weighted by molar-refractivity contribution is 6.30. The molecule has 0 atom stereocenters. The van der Waals surface area contributed by atoms with Crippen LogP contribution >= 0.6 is 11.6 Å². The molecule has 25 heavy (non-hydrogen) atoms. The molecule has 0 saturated carbocycles. The molecular formula is C17H11ClF2N4O. The number of anilines is 3. The van der Waals surface area contributed by atoms with Crippen LogP contribution in [0.3, 0.4) is 0 Å². The van der Waals surface area contributed by atoms with Crippen molar-refractivity contribution in [1.29, 1.82) is 0 Å². The van der Waals surface area contributed by atoms with Crippen LogP contribution in [-0.4, -0.2) is 16.1 Å². The molecule has 8 heteroatoms. The van der Waals surface area contributed by atoms with Crippen LogP contribution in [0.1, 0.15) is 10.5 Å². The van der Waals surface area contributed by atoms with Gasteiger partial charge >= 0.3 is 0 Å². The molecule has 126 valence electrons. The van der Waals surface area contributed by atoms with E-state index < -0.39 is 23.2 Å². The van der Waals surface area contributed by atoms with Gasteiger partial charge in [-0.05, 0) is 42.5 Å². The van der Waals surface area contributed by atoms with E-state index in [0.29, 0.717) is 16.5 Å².